The van der Waals surface area contributed by atoms with Crippen LogP contribution >= 0.6 is 11.6 Å². The van der Waals surface area contributed by atoms with E-state index in [-0.39, 0.29) is 0 Å². The Morgan fingerprint density at radius 2 is 1.50 bits per heavy atom. The standard InChI is InChI=1S/C20H20ClN5/c21-17-8-4-5-9-18(17)23-19-10-11-22-20(24-19)26-14-12-25(13-15-26)16-6-2-1-3-7-16/h1-11H,12-15H2,(H,22,23,24). The van der Waals surface area contributed by atoms with E-state index in [1.54, 1.807) is 6.20 Å². The number of benzene rings is 2. The van der Waals surface area contributed by atoms with Gasteiger partial charge in [-0.05, 0) is 30.3 Å². The van der Waals surface area contributed by atoms with E-state index in [2.05, 4.69) is 49.4 Å². The number of piperazine rings is 1. The summed E-state index contributed by atoms with van der Waals surface area (Å²) in [6.45, 7) is 3.69. The molecule has 1 aliphatic rings. The first-order chi connectivity index (χ1) is 12.8. The van der Waals surface area contributed by atoms with Crippen LogP contribution < -0.4 is 15.1 Å². The number of rotatable bonds is 4. The molecular weight excluding hydrogens is 346 g/mol. The van der Waals surface area contributed by atoms with Gasteiger partial charge in [-0.3, -0.25) is 0 Å². The summed E-state index contributed by atoms with van der Waals surface area (Å²) in [4.78, 5) is 13.7. The van der Waals surface area contributed by atoms with Gasteiger partial charge in [-0.15, -0.1) is 0 Å². The van der Waals surface area contributed by atoms with E-state index in [0.29, 0.717) is 5.02 Å². The zero-order valence-electron chi connectivity index (χ0n) is 14.3. The number of nitrogens with one attached hydrogen (secondary N) is 1. The van der Waals surface area contributed by atoms with E-state index in [9.17, 15) is 0 Å². The van der Waals surface area contributed by atoms with Gasteiger partial charge in [0.25, 0.3) is 0 Å². The highest BCUT2D eigenvalue weighted by Gasteiger charge is 2.19. The van der Waals surface area contributed by atoms with Crippen molar-refractivity contribution in [3.05, 3.63) is 71.9 Å². The van der Waals surface area contributed by atoms with Gasteiger partial charge >= 0.3 is 0 Å². The van der Waals surface area contributed by atoms with Gasteiger partial charge in [0.1, 0.15) is 5.82 Å². The number of anilines is 4. The number of nitrogens with zero attached hydrogens (tertiary/aromatic N) is 4. The average Bonchev–Trinajstić information content (AvgIpc) is 2.71. The van der Waals surface area contributed by atoms with Crippen molar-refractivity contribution in [3.63, 3.8) is 0 Å². The van der Waals surface area contributed by atoms with Gasteiger partial charge in [-0.1, -0.05) is 41.9 Å². The Hall–Kier alpha value is -2.79. The molecule has 0 aliphatic carbocycles. The highest BCUT2D eigenvalue weighted by Crippen LogP contribution is 2.25. The highest BCUT2D eigenvalue weighted by molar-refractivity contribution is 6.33. The van der Waals surface area contributed by atoms with Crippen LogP contribution in [0, 0.1) is 0 Å². The second kappa shape index (κ2) is 7.62. The van der Waals surface area contributed by atoms with Gasteiger partial charge in [0.2, 0.25) is 5.95 Å². The molecule has 1 aromatic heterocycles. The quantitative estimate of drug-likeness (QED) is 0.750. The van der Waals surface area contributed by atoms with E-state index in [4.69, 9.17) is 11.6 Å². The summed E-state index contributed by atoms with van der Waals surface area (Å²) in [7, 11) is 0. The Labute approximate surface area is 158 Å². The third kappa shape index (κ3) is 3.73. The van der Waals surface area contributed by atoms with Crippen molar-refractivity contribution < 1.29 is 0 Å². The second-order valence-corrected chi connectivity index (χ2v) is 6.56. The Balaban J connectivity index is 1.44. The minimum Gasteiger partial charge on any atom is -0.368 e. The highest BCUT2D eigenvalue weighted by atomic mass is 35.5. The normalized spacial score (nSPS) is 14.3. The third-order valence-corrected chi connectivity index (χ3v) is 4.79. The molecule has 6 heteroatoms. The Kier molecular flexibility index (Phi) is 4.88. The molecule has 0 radical (unpaired) electrons. The van der Waals surface area contributed by atoms with Crippen LogP contribution in [0.25, 0.3) is 0 Å². The first-order valence-electron chi connectivity index (χ1n) is 8.69. The van der Waals surface area contributed by atoms with Crippen molar-refractivity contribution >= 4 is 34.7 Å². The molecule has 5 nitrogen and oxygen atoms in total. The van der Waals surface area contributed by atoms with Crippen LogP contribution in [-0.2, 0) is 0 Å². The molecule has 1 saturated heterocycles. The molecule has 3 aromatic rings. The zero-order chi connectivity index (χ0) is 17.8. The lowest BCUT2D eigenvalue weighted by molar-refractivity contribution is 0.640. The molecule has 0 unspecified atom stereocenters. The van der Waals surface area contributed by atoms with Crippen LogP contribution in [0.1, 0.15) is 0 Å². The largest absolute Gasteiger partial charge is 0.368 e. The monoisotopic (exact) mass is 365 g/mol. The average molecular weight is 366 g/mol. The lowest BCUT2D eigenvalue weighted by Crippen LogP contribution is -2.47. The molecule has 0 atom stereocenters. The Bertz CT molecular complexity index is 863. The molecule has 0 spiro atoms. The minimum atomic E-state index is 0.670. The third-order valence-electron chi connectivity index (χ3n) is 4.46. The van der Waals surface area contributed by atoms with Crippen LogP contribution in [0.2, 0.25) is 5.02 Å². The maximum atomic E-state index is 6.22. The summed E-state index contributed by atoms with van der Waals surface area (Å²) in [6, 6.07) is 20.0. The summed E-state index contributed by atoms with van der Waals surface area (Å²) in [6.07, 6.45) is 1.78. The van der Waals surface area contributed by atoms with Crippen molar-refractivity contribution in [2.45, 2.75) is 0 Å². The lowest BCUT2D eigenvalue weighted by atomic mass is 10.2. The van der Waals surface area contributed by atoms with E-state index in [0.717, 1.165) is 43.6 Å². The fourth-order valence-electron chi connectivity index (χ4n) is 3.07. The summed E-state index contributed by atoms with van der Waals surface area (Å²) in [5, 5.41) is 3.94. The molecule has 1 aliphatic heterocycles. The van der Waals surface area contributed by atoms with Crippen molar-refractivity contribution in [1.82, 2.24) is 9.97 Å². The van der Waals surface area contributed by atoms with Gasteiger partial charge in [0.15, 0.2) is 0 Å². The predicted octanol–water partition coefficient (Wildman–Crippen LogP) is 4.20. The smallest absolute Gasteiger partial charge is 0.227 e. The van der Waals surface area contributed by atoms with Gasteiger partial charge in [-0.25, -0.2) is 4.98 Å². The van der Waals surface area contributed by atoms with E-state index >= 15 is 0 Å². The molecule has 0 saturated carbocycles. The van der Waals surface area contributed by atoms with Crippen LogP contribution in [0.3, 0.4) is 0 Å². The van der Waals surface area contributed by atoms with Crippen LogP contribution in [0.5, 0.6) is 0 Å². The van der Waals surface area contributed by atoms with Crippen molar-refractivity contribution in [2.24, 2.45) is 0 Å². The van der Waals surface area contributed by atoms with Crippen molar-refractivity contribution in [1.29, 1.82) is 0 Å². The summed E-state index contributed by atoms with van der Waals surface area (Å²) in [5.41, 5.74) is 2.11. The van der Waals surface area contributed by atoms with Crippen molar-refractivity contribution in [2.75, 3.05) is 41.3 Å². The van der Waals surface area contributed by atoms with E-state index in [1.165, 1.54) is 5.69 Å². The first kappa shape index (κ1) is 16.7. The number of hydrogen-bond acceptors (Lipinski definition) is 5. The molecule has 1 fully saturated rings. The minimum absolute atomic E-state index is 0.670. The topological polar surface area (TPSA) is 44.3 Å². The molecule has 2 aromatic carbocycles. The molecule has 1 N–H and O–H groups in total. The van der Waals surface area contributed by atoms with Crippen LogP contribution in [0.4, 0.5) is 23.1 Å². The summed E-state index contributed by atoms with van der Waals surface area (Å²) < 4.78 is 0. The molecule has 132 valence electrons. The lowest BCUT2D eigenvalue weighted by Gasteiger charge is -2.36. The molecule has 2 heterocycles. The molecule has 4 rings (SSSR count). The Morgan fingerprint density at radius 3 is 2.27 bits per heavy atom. The van der Waals surface area contributed by atoms with Crippen LogP contribution in [0.15, 0.2) is 66.9 Å². The SMILES string of the molecule is Clc1ccccc1Nc1ccnc(N2CCN(c3ccccc3)CC2)n1. The maximum Gasteiger partial charge on any atom is 0.227 e. The number of halogens is 1. The number of para-hydroxylation sites is 2. The summed E-state index contributed by atoms with van der Waals surface area (Å²) in [5.74, 6) is 1.49. The molecular formula is C20H20ClN5. The van der Waals surface area contributed by atoms with E-state index in [1.807, 2.05) is 36.4 Å². The van der Waals surface area contributed by atoms with Gasteiger partial charge < -0.3 is 15.1 Å². The zero-order valence-corrected chi connectivity index (χ0v) is 15.1. The second-order valence-electron chi connectivity index (χ2n) is 6.16. The molecule has 0 bridgehead atoms. The first-order valence-corrected chi connectivity index (χ1v) is 9.07. The summed E-state index contributed by atoms with van der Waals surface area (Å²) >= 11 is 6.22. The predicted molar refractivity (Wildman–Crippen MR) is 108 cm³/mol. The fraction of sp³-hybridized carbons (Fsp3) is 0.200. The number of hydrogen-bond donors (Lipinski definition) is 1. The van der Waals surface area contributed by atoms with Gasteiger partial charge in [0.05, 0.1) is 10.7 Å². The van der Waals surface area contributed by atoms with Crippen LogP contribution in [-0.4, -0.2) is 36.1 Å². The molecule has 26 heavy (non-hydrogen) atoms. The van der Waals surface area contributed by atoms with E-state index < -0.39 is 0 Å². The maximum absolute atomic E-state index is 6.22. The fourth-order valence-corrected chi connectivity index (χ4v) is 3.26. The van der Waals surface area contributed by atoms with Gasteiger partial charge in [0, 0.05) is 38.1 Å². The Morgan fingerprint density at radius 1 is 0.808 bits per heavy atom. The molecule has 0 amide bonds. The van der Waals surface area contributed by atoms with Gasteiger partial charge in [-0.2, -0.15) is 4.98 Å². The number of aromatic nitrogens is 2. The van der Waals surface area contributed by atoms with Crippen molar-refractivity contribution in [3.8, 4) is 0 Å².